The van der Waals surface area contributed by atoms with Crippen molar-refractivity contribution < 1.29 is 14.7 Å². The Morgan fingerprint density at radius 2 is 1.80 bits per heavy atom. The first-order valence-corrected chi connectivity index (χ1v) is 6.47. The molecule has 4 N–H and O–H groups in total. The molecule has 0 aliphatic carbocycles. The number of para-hydroxylation sites is 1. The molecular formula is C14H11BrN2O3. The summed E-state index contributed by atoms with van der Waals surface area (Å²) in [4.78, 5) is 23.2. The first-order valence-electron chi connectivity index (χ1n) is 5.67. The number of carbonyl (C=O) groups is 2. The first kappa shape index (κ1) is 14.1. The van der Waals surface area contributed by atoms with Crippen LogP contribution in [0.5, 0.6) is 0 Å². The topological polar surface area (TPSA) is 92.4 Å². The second-order valence-electron chi connectivity index (χ2n) is 4.04. The molecule has 5 nitrogen and oxygen atoms in total. The van der Waals surface area contributed by atoms with Crippen molar-refractivity contribution in [2.75, 3.05) is 11.1 Å². The van der Waals surface area contributed by atoms with Gasteiger partial charge in [-0.1, -0.05) is 28.1 Å². The molecule has 0 saturated carbocycles. The highest BCUT2D eigenvalue weighted by atomic mass is 79.9. The molecule has 2 aromatic carbocycles. The molecule has 6 heteroatoms. The van der Waals surface area contributed by atoms with Crippen LogP contribution in [0.3, 0.4) is 0 Å². The monoisotopic (exact) mass is 334 g/mol. The van der Waals surface area contributed by atoms with Gasteiger partial charge >= 0.3 is 5.97 Å². The van der Waals surface area contributed by atoms with Crippen molar-refractivity contribution in [3.8, 4) is 0 Å². The predicted molar refractivity (Wildman–Crippen MR) is 79.9 cm³/mol. The number of carbonyl (C=O) groups excluding carboxylic acids is 1. The number of anilines is 2. The first-order chi connectivity index (χ1) is 9.49. The molecule has 102 valence electrons. The van der Waals surface area contributed by atoms with Crippen LogP contribution in [0.15, 0.2) is 46.9 Å². The summed E-state index contributed by atoms with van der Waals surface area (Å²) in [7, 11) is 0. The number of hydrogen-bond acceptors (Lipinski definition) is 3. The molecule has 0 aliphatic rings. The van der Waals surface area contributed by atoms with Crippen molar-refractivity contribution in [3.05, 3.63) is 58.1 Å². The minimum Gasteiger partial charge on any atom is -0.478 e. The summed E-state index contributed by atoms with van der Waals surface area (Å²) in [5.41, 5.74) is 6.59. The lowest BCUT2D eigenvalue weighted by atomic mass is 10.1. The predicted octanol–water partition coefficient (Wildman–Crippen LogP) is 2.98. The van der Waals surface area contributed by atoms with Crippen LogP contribution >= 0.6 is 15.9 Å². The number of nitrogens with two attached hydrogens (primary N) is 1. The van der Waals surface area contributed by atoms with Crippen LogP contribution in [0.4, 0.5) is 11.4 Å². The number of carboxylic acids is 1. The van der Waals surface area contributed by atoms with Gasteiger partial charge in [0, 0.05) is 10.2 Å². The molecule has 20 heavy (non-hydrogen) atoms. The highest BCUT2D eigenvalue weighted by Gasteiger charge is 2.14. The van der Waals surface area contributed by atoms with Gasteiger partial charge in [-0.15, -0.1) is 0 Å². The van der Waals surface area contributed by atoms with Gasteiger partial charge in [0.25, 0.3) is 5.91 Å². The van der Waals surface area contributed by atoms with E-state index in [0.29, 0.717) is 10.2 Å². The van der Waals surface area contributed by atoms with E-state index in [9.17, 15) is 9.59 Å². The largest absolute Gasteiger partial charge is 0.478 e. The second kappa shape index (κ2) is 5.75. The molecule has 0 atom stereocenters. The Morgan fingerprint density at radius 1 is 1.10 bits per heavy atom. The number of carboxylic acid groups (broad SMARTS) is 1. The normalized spacial score (nSPS) is 10.1. The molecule has 0 radical (unpaired) electrons. The number of aromatic carboxylic acids is 1. The zero-order valence-corrected chi connectivity index (χ0v) is 11.8. The maximum Gasteiger partial charge on any atom is 0.337 e. The van der Waals surface area contributed by atoms with Crippen LogP contribution in [0.1, 0.15) is 20.7 Å². The van der Waals surface area contributed by atoms with Crippen molar-refractivity contribution in [2.24, 2.45) is 0 Å². The van der Waals surface area contributed by atoms with Crippen LogP contribution in [-0.2, 0) is 0 Å². The van der Waals surface area contributed by atoms with Gasteiger partial charge in [0.15, 0.2) is 0 Å². The average molecular weight is 335 g/mol. The Labute approximate surface area is 123 Å². The Bertz CT molecular complexity index is 686. The Morgan fingerprint density at radius 3 is 2.50 bits per heavy atom. The van der Waals surface area contributed by atoms with Crippen molar-refractivity contribution in [2.45, 2.75) is 0 Å². The maximum atomic E-state index is 12.2. The zero-order chi connectivity index (χ0) is 14.7. The molecule has 1 amide bonds. The second-order valence-corrected chi connectivity index (χ2v) is 4.95. The van der Waals surface area contributed by atoms with Gasteiger partial charge < -0.3 is 16.2 Å². The number of nitrogens with one attached hydrogen (secondary N) is 1. The zero-order valence-electron chi connectivity index (χ0n) is 10.3. The van der Waals surface area contributed by atoms with Gasteiger partial charge in [-0.2, -0.15) is 0 Å². The molecule has 0 fully saturated rings. The summed E-state index contributed by atoms with van der Waals surface area (Å²) in [5.74, 6) is -1.57. The molecule has 0 unspecified atom stereocenters. The summed E-state index contributed by atoms with van der Waals surface area (Å²) in [6.45, 7) is 0. The molecule has 0 aromatic heterocycles. The van der Waals surface area contributed by atoms with Crippen LogP contribution in [0, 0.1) is 0 Å². The molecular weight excluding hydrogens is 324 g/mol. The Balaban J connectivity index is 2.33. The van der Waals surface area contributed by atoms with Gasteiger partial charge in [0.2, 0.25) is 0 Å². The minimum absolute atomic E-state index is 0.0226. The third kappa shape index (κ3) is 2.97. The fourth-order valence-electron chi connectivity index (χ4n) is 1.69. The van der Waals surface area contributed by atoms with E-state index >= 15 is 0 Å². The van der Waals surface area contributed by atoms with Gasteiger partial charge in [-0.25, -0.2) is 4.79 Å². The molecule has 0 spiro atoms. The average Bonchev–Trinajstić information content (AvgIpc) is 2.41. The number of amides is 1. The maximum absolute atomic E-state index is 12.2. The minimum atomic E-state index is -1.11. The van der Waals surface area contributed by atoms with E-state index in [1.165, 1.54) is 12.1 Å². The smallest absolute Gasteiger partial charge is 0.337 e. The van der Waals surface area contributed by atoms with Crippen molar-refractivity contribution >= 4 is 39.2 Å². The van der Waals surface area contributed by atoms with E-state index in [4.69, 9.17) is 10.8 Å². The van der Waals surface area contributed by atoms with Gasteiger partial charge in [-0.3, -0.25) is 4.79 Å². The summed E-state index contributed by atoms with van der Waals surface area (Å²) >= 11 is 3.26. The third-order valence-electron chi connectivity index (χ3n) is 2.67. The van der Waals surface area contributed by atoms with E-state index in [1.54, 1.807) is 30.3 Å². The van der Waals surface area contributed by atoms with E-state index in [2.05, 4.69) is 21.2 Å². The number of nitrogen functional groups attached to an aromatic ring is 1. The number of benzene rings is 2. The summed E-state index contributed by atoms with van der Waals surface area (Å²) in [6, 6.07) is 11.1. The fraction of sp³-hybridized carbons (Fsp3) is 0. The van der Waals surface area contributed by atoms with Crippen molar-refractivity contribution in [1.29, 1.82) is 0 Å². The van der Waals surface area contributed by atoms with Crippen molar-refractivity contribution in [3.63, 3.8) is 0 Å². The summed E-state index contributed by atoms with van der Waals surface area (Å²) < 4.78 is 0.711. The quantitative estimate of drug-likeness (QED) is 0.752. The van der Waals surface area contributed by atoms with Crippen LogP contribution in [-0.4, -0.2) is 17.0 Å². The highest BCUT2D eigenvalue weighted by Crippen LogP contribution is 2.21. The lowest BCUT2D eigenvalue weighted by Crippen LogP contribution is -2.16. The van der Waals surface area contributed by atoms with E-state index < -0.39 is 11.9 Å². The Hall–Kier alpha value is -2.34. The molecule has 0 saturated heterocycles. The van der Waals surface area contributed by atoms with Crippen LogP contribution in [0.25, 0.3) is 0 Å². The van der Waals surface area contributed by atoms with E-state index in [1.807, 2.05) is 0 Å². The summed E-state index contributed by atoms with van der Waals surface area (Å²) in [6.07, 6.45) is 0. The highest BCUT2D eigenvalue weighted by molar-refractivity contribution is 9.10. The van der Waals surface area contributed by atoms with Gasteiger partial charge in [0.05, 0.1) is 16.8 Å². The molecule has 0 bridgehead atoms. The van der Waals surface area contributed by atoms with Crippen LogP contribution < -0.4 is 11.1 Å². The molecule has 2 aromatic rings. The third-order valence-corrected chi connectivity index (χ3v) is 3.16. The SMILES string of the molecule is Nc1ccc(Br)cc1C(=O)Nc1ccccc1C(=O)O. The van der Waals surface area contributed by atoms with Crippen LogP contribution in [0.2, 0.25) is 0 Å². The van der Waals surface area contributed by atoms with Gasteiger partial charge in [-0.05, 0) is 30.3 Å². The van der Waals surface area contributed by atoms with Crippen molar-refractivity contribution in [1.82, 2.24) is 0 Å². The number of halogens is 1. The Kier molecular flexibility index (Phi) is 4.05. The molecule has 2 rings (SSSR count). The van der Waals surface area contributed by atoms with E-state index in [0.717, 1.165) is 0 Å². The lowest BCUT2D eigenvalue weighted by molar-refractivity contribution is 0.0698. The fourth-order valence-corrected chi connectivity index (χ4v) is 2.05. The number of rotatable bonds is 3. The van der Waals surface area contributed by atoms with Gasteiger partial charge in [0.1, 0.15) is 0 Å². The summed E-state index contributed by atoms with van der Waals surface area (Å²) in [5, 5.41) is 11.6. The molecule has 0 aliphatic heterocycles. The lowest BCUT2D eigenvalue weighted by Gasteiger charge is -2.10. The standard InChI is InChI=1S/C14H11BrN2O3/c15-8-5-6-11(16)10(7-8)13(18)17-12-4-2-1-3-9(12)14(19)20/h1-7H,16H2,(H,17,18)(H,19,20). The van der Waals surface area contributed by atoms with E-state index in [-0.39, 0.29) is 16.8 Å². The molecule has 0 heterocycles. The number of hydrogen-bond donors (Lipinski definition) is 3.